The fraction of sp³-hybridized carbons (Fsp3) is 0.756. The number of unbranched alkanes of at least 4 members (excludes halogenated alkanes) is 10. The minimum absolute atomic E-state index is 0.0248. The van der Waals surface area contributed by atoms with Gasteiger partial charge in [-0.3, -0.25) is 4.79 Å². The van der Waals surface area contributed by atoms with Crippen molar-refractivity contribution in [3.8, 4) is 0 Å². The number of thiazole rings is 1. The number of aliphatic hydroxyl groups is 1. The number of fused-ring (bicyclic) bond motifs is 6. The molecule has 6 rings (SSSR count). The average molecular weight is 754 g/mol. The number of nitrogens with zero attached hydrogens (tertiary/aromatic N) is 1. The summed E-state index contributed by atoms with van der Waals surface area (Å²) in [7, 11) is 0. The van der Waals surface area contributed by atoms with Crippen molar-refractivity contribution in [3.05, 3.63) is 35.9 Å². The lowest BCUT2D eigenvalue weighted by molar-refractivity contribution is -0.364. The highest BCUT2D eigenvalue weighted by molar-refractivity contribution is 8.01. The number of carbonyl (C=O) groups excluding carboxylic acids is 1. The van der Waals surface area contributed by atoms with Gasteiger partial charge in [0.2, 0.25) is 0 Å². The van der Waals surface area contributed by atoms with Gasteiger partial charge in [-0.15, -0.1) is 11.3 Å². The Bertz CT molecular complexity index is 1510. The maximum absolute atomic E-state index is 15.1. The van der Waals surface area contributed by atoms with Crippen LogP contribution < -0.4 is 0 Å². The van der Waals surface area contributed by atoms with Crippen molar-refractivity contribution in [2.45, 2.75) is 158 Å². The van der Waals surface area contributed by atoms with Crippen LogP contribution in [0.2, 0.25) is 0 Å². The molecule has 0 aliphatic heterocycles. The molecule has 10 heteroatoms. The number of rotatable bonds is 16. The normalized spacial score (nSPS) is 32.5. The molecule has 1 N–H and O–H groups in total. The van der Waals surface area contributed by atoms with E-state index in [1.165, 1.54) is 63.0 Å². The van der Waals surface area contributed by atoms with Crippen LogP contribution in [0.4, 0.5) is 22.0 Å². The molecule has 3 saturated carbocycles. The monoisotopic (exact) mass is 753 g/mol. The Morgan fingerprint density at radius 2 is 1.49 bits per heavy atom. The molecule has 1 aromatic heterocycles. The first kappa shape index (κ1) is 39.2. The molecule has 284 valence electrons. The highest BCUT2D eigenvalue weighted by atomic mass is 32.2. The fourth-order valence-corrected chi connectivity index (χ4v) is 13.1. The van der Waals surface area contributed by atoms with Crippen molar-refractivity contribution in [1.82, 2.24) is 4.98 Å². The summed E-state index contributed by atoms with van der Waals surface area (Å²) in [6, 6.07) is 8.29. The highest BCUT2D eigenvalue weighted by Crippen LogP contribution is 2.72. The Labute approximate surface area is 309 Å². The smallest absolute Gasteiger partial charge is 0.383 e. The molecule has 7 atom stereocenters. The Morgan fingerprint density at radius 1 is 0.863 bits per heavy atom. The molecular formula is C41H56F5NO2S2. The maximum Gasteiger partial charge on any atom is 0.456 e. The molecule has 2 aromatic rings. The van der Waals surface area contributed by atoms with E-state index in [2.05, 4.69) is 25.1 Å². The third-order valence-corrected chi connectivity index (χ3v) is 16.1. The molecule has 3 nitrogen and oxygen atoms in total. The van der Waals surface area contributed by atoms with E-state index in [4.69, 9.17) is 4.98 Å². The number of benzene rings is 1. The first-order valence-electron chi connectivity index (χ1n) is 19.6. The van der Waals surface area contributed by atoms with Gasteiger partial charge in [0, 0.05) is 17.6 Å². The summed E-state index contributed by atoms with van der Waals surface area (Å²) in [5.41, 5.74) is -2.60. The number of para-hydroxylation sites is 1. The molecule has 0 saturated heterocycles. The number of alkyl halides is 5. The zero-order valence-electron chi connectivity index (χ0n) is 30.3. The number of thioether (sulfide) groups is 1. The zero-order chi connectivity index (χ0) is 36.5. The standard InChI is InChI=1S/C41H56F5NO2S2/c1-37-22-19-30(48)27-29(37)26-28(35-31(37)20-23-38(2)32(35)21-24-39(38,49)40(42,43)41(44,45)46)16-12-10-8-6-4-3-5-7-9-11-15-25-50-36-47-33-17-13-14-18-34(33)51-36/h13-14,17-18,27-28,31-32,35,49H,3-12,15-16,19-26H2,1-2H3/t28?,31-,32+,35-,37+,38+,39?/m1/s1. The van der Waals surface area contributed by atoms with Crippen molar-refractivity contribution < 1.29 is 31.9 Å². The number of aromatic nitrogens is 1. The number of hydrogen-bond acceptors (Lipinski definition) is 5. The van der Waals surface area contributed by atoms with E-state index in [-0.39, 0.29) is 41.8 Å². The maximum atomic E-state index is 15.1. The molecule has 1 heterocycles. The minimum Gasteiger partial charge on any atom is -0.383 e. The van der Waals surface area contributed by atoms with Gasteiger partial charge in [0.25, 0.3) is 0 Å². The van der Waals surface area contributed by atoms with Gasteiger partial charge < -0.3 is 5.11 Å². The topological polar surface area (TPSA) is 50.2 Å². The Hall–Kier alpha value is -1.52. The van der Waals surface area contributed by atoms with Crippen LogP contribution in [0.1, 0.15) is 136 Å². The molecule has 2 unspecified atom stereocenters. The lowest BCUT2D eigenvalue weighted by Crippen LogP contribution is -2.66. The lowest BCUT2D eigenvalue weighted by atomic mass is 9.43. The van der Waals surface area contributed by atoms with E-state index in [0.29, 0.717) is 25.7 Å². The van der Waals surface area contributed by atoms with Crippen LogP contribution in [0, 0.1) is 34.5 Å². The van der Waals surface area contributed by atoms with E-state index < -0.39 is 35.5 Å². The Kier molecular flexibility index (Phi) is 12.0. The van der Waals surface area contributed by atoms with Gasteiger partial charge in [-0.25, -0.2) is 4.98 Å². The quantitative estimate of drug-likeness (QED) is 0.105. The predicted molar refractivity (Wildman–Crippen MR) is 197 cm³/mol. The second kappa shape index (κ2) is 15.7. The summed E-state index contributed by atoms with van der Waals surface area (Å²) in [6.07, 6.45) is 12.3. The first-order valence-corrected chi connectivity index (χ1v) is 21.4. The molecule has 4 aliphatic rings. The van der Waals surface area contributed by atoms with Gasteiger partial charge in [-0.05, 0) is 98.7 Å². The van der Waals surface area contributed by atoms with Crippen LogP contribution in [-0.2, 0) is 4.79 Å². The summed E-state index contributed by atoms with van der Waals surface area (Å²) >= 11 is 3.65. The molecular weight excluding hydrogens is 698 g/mol. The third-order valence-electron chi connectivity index (χ3n) is 13.9. The van der Waals surface area contributed by atoms with Crippen LogP contribution in [-0.4, -0.2) is 39.3 Å². The van der Waals surface area contributed by atoms with Crippen LogP contribution in [0.15, 0.2) is 40.3 Å². The second-order valence-corrected chi connectivity index (χ2v) is 19.1. The third kappa shape index (κ3) is 7.59. The molecule has 1 aromatic carbocycles. The summed E-state index contributed by atoms with van der Waals surface area (Å²) in [4.78, 5) is 17.2. The number of allylic oxidation sites excluding steroid dienone is 1. The fourth-order valence-electron chi connectivity index (χ4n) is 10.9. The number of ketones is 1. The lowest BCUT2D eigenvalue weighted by Gasteiger charge is -2.62. The van der Waals surface area contributed by atoms with Crippen molar-refractivity contribution in [2.75, 3.05) is 5.75 Å². The van der Waals surface area contributed by atoms with E-state index in [9.17, 15) is 23.1 Å². The van der Waals surface area contributed by atoms with Crippen LogP contribution >= 0.6 is 23.1 Å². The van der Waals surface area contributed by atoms with Gasteiger partial charge in [-0.2, -0.15) is 22.0 Å². The molecule has 51 heavy (non-hydrogen) atoms. The molecule has 0 bridgehead atoms. The van der Waals surface area contributed by atoms with Crippen LogP contribution in [0.5, 0.6) is 0 Å². The minimum atomic E-state index is -5.80. The van der Waals surface area contributed by atoms with Crippen LogP contribution in [0.25, 0.3) is 10.2 Å². The van der Waals surface area contributed by atoms with Crippen molar-refractivity contribution >= 4 is 39.1 Å². The van der Waals surface area contributed by atoms with Crippen LogP contribution in [0.3, 0.4) is 0 Å². The van der Waals surface area contributed by atoms with Gasteiger partial charge >= 0.3 is 12.1 Å². The molecule has 0 spiro atoms. The van der Waals surface area contributed by atoms with Crippen molar-refractivity contribution in [2.24, 2.45) is 34.5 Å². The molecule has 0 radical (unpaired) electrons. The Morgan fingerprint density at radius 3 is 2.16 bits per heavy atom. The largest absolute Gasteiger partial charge is 0.456 e. The van der Waals surface area contributed by atoms with Crippen molar-refractivity contribution in [1.29, 1.82) is 0 Å². The molecule has 4 aliphatic carbocycles. The van der Waals surface area contributed by atoms with Gasteiger partial charge in [0.05, 0.1) is 10.2 Å². The number of carbonyl (C=O) groups is 1. The summed E-state index contributed by atoms with van der Waals surface area (Å²) < 4.78 is 73.8. The summed E-state index contributed by atoms with van der Waals surface area (Å²) in [5, 5.41) is 11.3. The van der Waals surface area contributed by atoms with Gasteiger partial charge in [-0.1, -0.05) is 108 Å². The summed E-state index contributed by atoms with van der Waals surface area (Å²) in [5.74, 6) is -4.06. The highest BCUT2D eigenvalue weighted by Gasteiger charge is 2.79. The average Bonchev–Trinajstić information content (AvgIpc) is 3.63. The SMILES string of the molecule is C[C@]12CCC(=O)C=C1CC(CCCCCCCCCCCCCSc1nc3ccccc3s1)[C@@H]1[C@H]2CC[C@@]2(C)[C@H]1CCC2(O)C(F)(F)C(F)(F)F. The Balaban J connectivity index is 0.937. The van der Waals surface area contributed by atoms with E-state index >= 15 is 8.78 Å². The van der Waals surface area contributed by atoms with Crippen molar-refractivity contribution in [3.63, 3.8) is 0 Å². The van der Waals surface area contributed by atoms with Gasteiger partial charge in [0.15, 0.2) is 10.1 Å². The molecule has 0 amide bonds. The van der Waals surface area contributed by atoms with E-state index in [1.807, 2.05) is 23.9 Å². The molecule has 3 fully saturated rings. The predicted octanol–water partition coefficient (Wildman–Crippen LogP) is 12.8. The van der Waals surface area contributed by atoms with E-state index in [1.54, 1.807) is 11.3 Å². The number of halogens is 5. The second-order valence-electron chi connectivity index (χ2n) is 16.7. The summed E-state index contributed by atoms with van der Waals surface area (Å²) in [6.45, 7) is 3.71. The van der Waals surface area contributed by atoms with Gasteiger partial charge in [0.1, 0.15) is 5.60 Å². The zero-order valence-corrected chi connectivity index (χ0v) is 32.0. The van der Waals surface area contributed by atoms with E-state index in [0.717, 1.165) is 46.9 Å². The first-order chi connectivity index (χ1) is 24.2. The number of hydrogen-bond donors (Lipinski definition) is 1.